The number of rotatable bonds is 18. The highest BCUT2D eigenvalue weighted by Gasteiger charge is 2.62. The molecule has 0 aliphatic carbocycles. The lowest BCUT2D eigenvalue weighted by atomic mass is 9.70. The van der Waals surface area contributed by atoms with E-state index in [4.69, 9.17) is 75.3 Å². The summed E-state index contributed by atoms with van der Waals surface area (Å²) in [7, 11) is 6.13. The summed E-state index contributed by atoms with van der Waals surface area (Å²) in [5.41, 5.74) is -3.21. The summed E-state index contributed by atoms with van der Waals surface area (Å²) in [5, 5.41) is 23.2. The summed E-state index contributed by atoms with van der Waals surface area (Å²) in [6, 6.07) is 3.84. The lowest BCUT2D eigenvalue weighted by Crippen LogP contribution is -2.62. The average molecular weight is 1260 g/mol. The zero-order valence-electron chi connectivity index (χ0n) is 51.5. The Kier molecular flexibility index (Phi) is 23.5. The molecule has 5 aliphatic heterocycles. The number of amides is 2. The van der Waals surface area contributed by atoms with Gasteiger partial charge < -0.3 is 72.1 Å². The number of thioether (sulfide) groups is 1. The van der Waals surface area contributed by atoms with Gasteiger partial charge in [0.1, 0.15) is 29.3 Å². The molecular formula is C61H89Cl2N3O18S. The normalized spacial score (nSPS) is 36.8. The van der Waals surface area contributed by atoms with Crippen LogP contribution in [0, 0.1) is 29.6 Å². The highest BCUT2D eigenvalue weighted by molar-refractivity contribution is 8.00. The van der Waals surface area contributed by atoms with Gasteiger partial charge in [-0.05, 0) is 91.2 Å². The minimum Gasteiger partial charge on any atom is -0.493 e. The number of aliphatic hydroxyl groups is 2. The van der Waals surface area contributed by atoms with Crippen LogP contribution >= 0.6 is 35.0 Å². The lowest BCUT2D eigenvalue weighted by molar-refractivity contribution is -0.319. The zero-order chi connectivity index (χ0) is 62.5. The van der Waals surface area contributed by atoms with Gasteiger partial charge in [-0.25, -0.2) is 4.79 Å². The topological polar surface area (TPSA) is 247 Å². The van der Waals surface area contributed by atoms with Crippen LogP contribution in [0.3, 0.4) is 0 Å². The van der Waals surface area contributed by atoms with E-state index in [1.165, 1.54) is 50.4 Å². The first-order chi connectivity index (χ1) is 40.2. The number of hydrogen-bond donors (Lipinski definition) is 2. The predicted molar refractivity (Wildman–Crippen MR) is 316 cm³/mol. The number of aromatic nitrogens is 1. The molecule has 2 aromatic rings. The van der Waals surface area contributed by atoms with Gasteiger partial charge in [0.15, 0.2) is 35.5 Å². The van der Waals surface area contributed by atoms with E-state index in [0.29, 0.717) is 67.5 Å². The second-order valence-electron chi connectivity index (χ2n) is 24.2. The largest absolute Gasteiger partial charge is 0.493 e. The number of aliphatic hydroxyl groups excluding tert-OH is 2. The zero-order valence-corrected chi connectivity index (χ0v) is 53.9. The molecule has 0 radical (unpaired) electrons. The molecule has 24 heteroatoms. The molecule has 1 unspecified atom stereocenters. The second-order valence-corrected chi connectivity index (χ2v) is 26.2. The molecule has 7 rings (SSSR count). The average Bonchev–Trinajstić information content (AvgIpc) is 2.08. The fraction of sp³-hybridized carbons (Fsp3) is 0.738. The number of ether oxygens (including phenoxy) is 11. The van der Waals surface area contributed by atoms with Crippen molar-refractivity contribution >= 4 is 64.5 Å². The summed E-state index contributed by atoms with van der Waals surface area (Å²) in [6.07, 6.45) is -5.55. The molecule has 5 fully saturated rings. The van der Waals surface area contributed by atoms with Crippen molar-refractivity contribution in [1.82, 2.24) is 14.8 Å². The van der Waals surface area contributed by atoms with Gasteiger partial charge in [-0.15, -0.1) is 11.8 Å². The number of esters is 2. The SMILES string of the molecule is CC[C@H]1OC(=O)[C@H](C)[C@@H](O[C@H]2C[C@@](C)(OC)[C@@H](O)[C@H](C)O2)[C@H](C)[C@@H](O[C@@H]2O[C@H](C)C[C@H](N(C)C(=O)N3CCOCC3)[C@H]2O)[C@](C)(OC)C[C@@H](C)C(=O)[C@H](C)[C@H]2C(SCCCOc3cc(C(=O)Cc4c(Cl)cncc4Cl)ccc3OC)C(=O)O[C@@]21C. The third-order valence-electron chi connectivity index (χ3n) is 18.3. The Bertz CT molecular complexity index is 2640. The number of halogens is 2. The molecule has 6 heterocycles. The molecule has 1 aromatic carbocycles. The standard InChI is InChI=1S/C61H89Cl2N3O18S/c1-15-46-61(10)48(52(56(72)84-61)85-24-16-21-78-45-26-38(17-18-44(45)74-12)43(67)27-39-40(62)30-64-31-41(39)63)34(4)49(68)32(2)28-60(9,76-14)54(83-57-50(69)42(25-33(3)79-57)65(11)58(73)66-19-22-77-23-20-66)35(5)51(36(6)55(71)81-46)82-47-29-59(8,75-13)53(70)37(7)80-47/h17-18,26,30-37,42,46-48,50-54,57,69-70H,15-16,19-25,27-29H2,1-14H3/t32-,33-,34-,35+,36-,37+,42+,46-,47+,48+,50-,51+,52?,53+,54-,57+,59-,60-,61-/m1/s1. The monoisotopic (exact) mass is 1250 g/mol. The molecule has 2 N–H and O–H groups in total. The first kappa shape index (κ1) is 68.6. The Balaban J connectivity index is 1.19. The molecule has 1 aromatic heterocycles. The quantitative estimate of drug-likeness (QED) is 0.0821. The maximum Gasteiger partial charge on any atom is 0.320 e. The molecule has 0 bridgehead atoms. The van der Waals surface area contributed by atoms with E-state index in [1.807, 2.05) is 20.8 Å². The van der Waals surface area contributed by atoms with E-state index in [-0.39, 0.29) is 59.9 Å². The van der Waals surface area contributed by atoms with Crippen molar-refractivity contribution in [3.8, 4) is 11.5 Å². The maximum atomic E-state index is 15.4. The van der Waals surface area contributed by atoms with Crippen LogP contribution in [0.2, 0.25) is 10.0 Å². The minimum absolute atomic E-state index is 0.0431. The van der Waals surface area contributed by atoms with Crippen LogP contribution < -0.4 is 9.47 Å². The van der Waals surface area contributed by atoms with E-state index in [0.717, 1.165) is 0 Å². The van der Waals surface area contributed by atoms with E-state index in [1.54, 1.807) is 78.6 Å². The van der Waals surface area contributed by atoms with Gasteiger partial charge in [0.25, 0.3) is 0 Å². The smallest absolute Gasteiger partial charge is 0.320 e. The Morgan fingerprint density at radius 2 is 1.55 bits per heavy atom. The van der Waals surface area contributed by atoms with Crippen molar-refractivity contribution in [1.29, 1.82) is 0 Å². The van der Waals surface area contributed by atoms with Crippen molar-refractivity contribution < 1.29 is 86.3 Å². The minimum atomic E-state index is -1.49. The molecule has 0 saturated carbocycles. The number of benzene rings is 1. The van der Waals surface area contributed by atoms with Crippen LogP contribution in [-0.4, -0.2) is 205 Å². The van der Waals surface area contributed by atoms with Gasteiger partial charge in [0.05, 0.1) is 84.6 Å². The molecule has 0 spiro atoms. The number of pyridine rings is 1. The number of ketones is 2. The number of carbonyl (C=O) groups is 5. The highest BCUT2D eigenvalue weighted by Crippen LogP contribution is 2.50. The predicted octanol–water partition coefficient (Wildman–Crippen LogP) is 7.79. The lowest BCUT2D eigenvalue weighted by Gasteiger charge is -2.50. The first-order valence-electron chi connectivity index (χ1n) is 29.5. The molecular weight excluding hydrogens is 1170 g/mol. The molecule has 476 valence electrons. The van der Waals surface area contributed by atoms with Crippen LogP contribution in [0.1, 0.15) is 117 Å². The number of nitrogens with zero attached hydrogens (tertiary/aromatic N) is 3. The summed E-state index contributed by atoms with van der Waals surface area (Å²) in [6.45, 7) is 19.5. The third-order valence-corrected chi connectivity index (χ3v) is 20.3. The fourth-order valence-electron chi connectivity index (χ4n) is 13.2. The van der Waals surface area contributed by atoms with Crippen molar-refractivity contribution in [2.45, 2.75) is 191 Å². The molecule has 5 saturated heterocycles. The Labute approximate surface area is 514 Å². The van der Waals surface area contributed by atoms with Crippen LogP contribution in [0.15, 0.2) is 30.6 Å². The van der Waals surface area contributed by atoms with Gasteiger partial charge in [0.2, 0.25) is 0 Å². The Morgan fingerprint density at radius 1 is 0.882 bits per heavy atom. The Hall–Kier alpha value is -3.91. The summed E-state index contributed by atoms with van der Waals surface area (Å²) < 4.78 is 69.5. The van der Waals surface area contributed by atoms with Crippen molar-refractivity contribution in [2.75, 3.05) is 67.0 Å². The van der Waals surface area contributed by atoms with Crippen LogP contribution in [0.5, 0.6) is 11.5 Å². The van der Waals surface area contributed by atoms with Gasteiger partial charge in [-0.3, -0.25) is 24.2 Å². The summed E-state index contributed by atoms with van der Waals surface area (Å²) in [4.78, 5) is 79.6. The third kappa shape index (κ3) is 15.1. The van der Waals surface area contributed by atoms with E-state index in [9.17, 15) is 24.6 Å². The van der Waals surface area contributed by atoms with Gasteiger partial charge in [0, 0.05) is 94.4 Å². The molecule has 5 aliphatic rings. The number of Topliss-reactive ketones (excluding diaryl/α,β-unsaturated/α-hetero) is 2. The van der Waals surface area contributed by atoms with Gasteiger partial charge in [-0.2, -0.15) is 0 Å². The molecule has 2 amide bonds. The number of carbonyl (C=O) groups excluding carboxylic acids is 5. The number of urea groups is 1. The summed E-state index contributed by atoms with van der Waals surface area (Å²) >= 11 is 14.0. The van der Waals surface area contributed by atoms with Crippen molar-refractivity contribution in [3.05, 3.63) is 51.8 Å². The number of morpholine rings is 1. The summed E-state index contributed by atoms with van der Waals surface area (Å²) in [5.74, 6) is -4.99. The van der Waals surface area contributed by atoms with Gasteiger partial charge >= 0.3 is 18.0 Å². The number of fused-ring (bicyclic) bond motifs is 1. The Morgan fingerprint density at radius 3 is 2.19 bits per heavy atom. The van der Waals surface area contributed by atoms with Crippen molar-refractivity contribution in [3.63, 3.8) is 0 Å². The van der Waals surface area contributed by atoms with E-state index >= 15 is 9.59 Å². The van der Waals surface area contributed by atoms with Crippen LogP contribution in [-0.2, 0) is 63.4 Å². The number of hydrogen-bond acceptors (Lipinski definition) is 20. The number of cyclic esters (lactones) is 1. The van der Waals surface area contributed by atoms with Gasteiger partial charge in [-0.1, -0.05) is 50.9 Å². The van der Waals surface area contributed by atoms with E-state index in [2.05, 4.69) is 4.98 Å². The highest BCUT2D eigenvalue weighted by atomic mass is 35.5. The van der Waals surface area contributed by atoms with Crippen LogP contribution in [0.4, 0.5) is 4.79 Å². The molecule has 19 atom stereocenters. The molecule has 85 heavy (non-hydrogen) atoms. The maximum absolute atomic E-state index is 15.4. The number of likely N-dealkylation sites (N-methyl/N-ethyl adjacent to an activating group) is 1. The fourth-order valence-corrected chi connectivity index (χ4v) is 15.1. The number of methoxy groups -OCH3 is 3. The first-order valence-corrected chi connectivity index (χ1v) is 31.4. The second kappa shape index (κ2) is 29.2. The molecule has 21 nitrogen and oxygen atoms in total. The van der Waals surface area contributed by atoms with Crippen LogP contribution in [0.25, 0.3) is 0 Å². The van der Waals surface area contributed by atoms with E-state index < -0.39 is 125 Å². The van der Waals surface area contributed by atoms with Crippen molar-refractivity contribution in [2.24, 2.45) is 29.6 Å².